The van der Waals surface area contributed by atoms with E-state index in [-0.39, 0.29) is 18.4 Å². The quantitative estimate of drug-likeness (QED) is 0.732. The van der Waals surface area contributed by atoms with Gasteiger partial charge in [-0.15, -0.1) is 11.3 Å². The molecule has 6 heteroatoms. The molecule has 0 aliphatic rings. The van der Waals surface area contributed by atoms with Crippen LogP contribution in [0.2, 0.25) is 0 Å². The summed E-state index contributed by atoms with van der Waals surface area (Å²) in [4.78, 5) is 24.7. The Bertz CT molecular complexity index is 656. The fraction of sp³-hybridized carbons (Fsp3) is 0.333. The maximum absolute atomic E-state index is 12.0. The number of carbonyl (C=O) groups excluding carboxylic acids is 2. The van der Waals surface area contributed by atoms with Gasteiger partial charge < -0.3 is 15.4 Å². The highest BCUT2D eigenvalue weighted by Gasteiger charge is 2.05. The van der Waals surface area contributed by atoms with E-state index in [0.29, 0.717) is 24.4 Å². The van der Waals surface area contributed by atoms with Crippen molar-refractivity contribution in [1.29, 1.82) is 0 Å². The van der Waals surface area contributed by atoms with Crippen LogP contribution < -0.4 is 15.4 Å². The average molecular weight is 346 g/mol. The molecule has 0 aliphatic carbocycles. The van der Waals surface area contributed by atoms with Gasteiger partial charge in [-0.1, -0.05) is 12.1 Å². The first-order valence-corrected chi connectivity index (χ1v) is 8.87. The molecule has 24 heavy (non-hydrogen) atoms. The molecule has 2 N–H and O–H groups in total. The van der Waals surface area contributed by atoms with E-state index in [1.165, 1.54) is 4.88 Å². The van der Waals surface area contributed by atoms with Gasteiger partial charge in [-0.05, 0) is 43.3 Å². The van der Waals surface area contributed by atoms with Crippen LogP contribution in [0.5, 0.6) is 5.75 Å². The third-order valence-electron chi connectivity index (χ3n) is 3.27. The molecule has 0 aliphatic heterocycles. The molecule has 1 aromatic carbocycles. The van der Waals surface area contributed by atoms with Crippen molar-refractivity contribution in [2.75, 3.05) is 18.5 Å². The number of rotatable bonds is 9. The summed E-state index contributed by atoms with van der Waals surface area (Å²) in [5, 5.41) is 7.57. The molecule has 0 radical (unpaired) electrons. The molecule has 0 atom stereocenters. The number of likely N-dealkylation sites (N-methyl/N-ethyl adjacent to an activating group) is 1. The van der Waals surface area contributed by atoms with E-state index in [1.54, 1.807) is 35.6 Å². The summed E-state index contributed by atoms with van der Waals surface area (Å²) in [5.41, 5.74) is 0.671. The van der Waals surface area contributed by atoms with Gasteiger partial charge in [0.1, 0.15) is 5.75 Å². The number of thiophene rings is 1. The van der Waals surface area contributed by atoms with Crippen LogP contribution >= 0.6 is 11.3 Å². The standard InChI is InChI=1S/C18H22N2O3S/c1-2-19-18(22)13-23-15-7-3-6-14(12-15)20-17(21)10-4-8-16-9-5-11-24-16/h3,5-7,9,11-12H,2,4,8,10,13H2,1H3,(H,19,22)(H,20,21). The summed E-state index contributed by atoms with van der Waals surface area (Å²) in [7, 11) is 0. The lowest BCUT2D eigenvalue weighted by Crippen LogP contribution is -2.28. The van der Waals surface area contributed by atoms with Crippen molar-refractivity contribution in [3.63, 3.8) is 0 Å². The number of nitrogens with one attached hydrogen (secondary N) is 2. The molecular weight excluding hydrogens is 324 g/mol. The Balaban J connectivity index is 1.76. The second kappa shape index (κ2) is 9.72. The van der Waals surface area contributed by atoms with Gasteiger partial charge in [0.25, 0.3) is 5.91 Å². The van der Waals surface area contributed by atoms with E-state index < -0.39 is 0 Å². The van der Waals surface area contributed by atoms with E-state index in [1.807, 2.05) is 18.4 Å². The largest absolute Gasteiger partial charge is 0.484 e. The summed E-state index contributed by atoms with van der Waals surface area (Å²) in [5.74, 6) is 0.366. The van der Waals surface area contributed by atoms with Crippen molar-refractivity contribution in [1.82, 2.24) is 5.32 Å². The molecule has 0 fully saturated rings. The molecular formula is C18H22N2O3S. The molecule has 0 unspecified atom stereocenters. The summed E-state index contributed by atoms with van der Waals surface area (Å²) in [6.45, 7) is 2.39. The predicted molar refractivity (Wildman–Crippen MR) is 96.5 cm³/mol. The molecule has 5 nitrogen and oxygen atoms in total. The first-order chi connectivity index (χ1) is 11.7. The van der Waals surface area contributed by atoms with Gasteiger partial charge in [-0.2, -0.15) is 0 Å². The number of benzene rings is 1. The summed E-state index contributed by atoms with van der Waals surface area (Å²) < 4.78 is 5.41. The SMILES string of the molecule is CCNC(=O)COc1cccc(NC(=O)CCCc2cccs2)c1. The van der Waals surface area contributed by atoms with Gasteiger partial charge in [0, 0.05) is 29.6 Å². The van der Waals surface area contributed by atoms with E-state index in [0.717, 1.165) is 12.8 Å². The Morgan fingerprint density at radius 3 is 2.79 bits per heavy atom. The molecule has 1 heterocycles. The molecule has 0 saturated heterocycles. The summed E-state index contributed by atoms with van der Waals surface area (Å²) in [6.07, 6.45) is 2.21. The van der Waals surface area contributed by atoms with Gasteiger partial charge in [-0.25, -0.2) is 0 Å². The Labute approximate surface area is 146 Å². The molecule has 2 rings (SSSR count). The van der Waals surface area contributed by atoms with Crippen LogP contribution in [0, 0.1) is 0 Å². The van der Waals surface area contributed by atoms with Crippen molar-refractivity contribution in [2.24, 2.45) is 0 Å². The van der Waals surface area contributed by atoms with Crippen LogP contribution in [-0.2, 0) is 16.0 Å². The Hall–Kier alpha value is -2.34. The third-order valence-corrected chi connectivity index (χ3v) is 4.20. The number of amides is 2. The molecule has 128 valence electrons. The predicted octanol–water partition coefficient (Wildman–Crippen LogP) is 3.22. The summed E-state index contributed by atoms with van der Waals surface area (Å²) in [6, 6.07) is 11.2. The lowest BCUT2D eigenvalue weighted by Gasteiger charge is -2.09. The number of hydrogen-bond acceptors (Lipinski definition) is 4. The highest BCUT2D eigenvalue weighted by Crippen LogP contribution is 2.18. The minimum absolute atomic E-state index is 0.0209. The van der Waals surface area contributed by atoms with Gasteiger partial charge in [0.2, 0.25) is 5.91 Å². The van der Waals surface area contributed by atoms with Crippen LogP contribution in [0.3, 0.4) is 0 Å². The highest BCUT2D eigenvalue weighted by molar-refractivity contribution is 7.09. The van der Waals surface area contributed by atoms with Crippen molar-refractivity contribution in [3.05, 3.63) is 46.7 Å². The minimum Gasteiger partial charge on any atom is -0.484 e. The van der Waals surface area contributed by atoms with Crippen molar-refractivity contribution in [2.45, 2.75) is 26.2 Å². The fourth-order valence-corrected chi connectivity index (χ4v) is 2.91. The first-order valence-electron chi connectivity index (χ1n) is 7.99. The third kappa shape index (κ3) is 6.42. The number of carbonyl (C=O) groups is 2. The van der Waals surface area contributed by atoms with Crippen molar-refractivity contribution >= 4 is 28.8 Å². The Morgan fingerprint density at radius 2 is 2.04 bits per heavy atom. The Morgan fingerprint density at radius 1 is 1.17 bits per heavy atom. The second-order valence-corrected chi connectivity index (χ2v) is 6.28. The van der Waals surface area contributed by atoms with Crippen LogP contribution in [0.15, 0.2) is 41.8 Å². The zero-order chi connectivity index (χ0) is 17.2. The molecule has 0 spiro atoms. The van der Waals surface area contributed by atoms with Crippen LogP contribution in [-0.4, -0.2) is 25.0 Å². The lowest BCUT2D eigenvalue weighted by atomic mass is 10.2. The van der Waals surface area contributed by atoms with E-state index in [9.17, 15) is 9.59 Å². The maximum atomic E-state index is 12.0. The Kier molecular flexibility index (Phi) is 7.29. The van der Waals surface area contributed by atoms with Crippen molar-refractivity contribution in [3.8, 4) is 5.75 Å². The highest BCUT2D eigenvalue weighted by atomic mass is 32.1. The molecule has 1 aromatic heterocycles. The average Bonchev–Trinajstić information content (AvgIpc) is 3.07. The van der Waals surface area contributed by atoms with Gasteiger partial charge in [-0.3, -0.25) is 9.59 Å². The van der Waals surface area contributed by atoms with Crippen LogP contribution in [0.25, 0.3) is 0 Å². The van der Waals surface area contributed by atoms with Gasteiger partial charge in [0.15, 0.2) is 6.61 Å². The molecule has 0 saturated carbocycles. The summed E-state index contributed by atoms with van der Waals surface area (Å²) >= 11 is 1.71. The van der Waals surface area contributed by atoms with Gasteiger partial charge in [0.05, 0.1) is 0 Å². The zero-order valence-electron chi connectivity index (χ0n) is 13.7. The normalized spacial score (nSPS) is 10.2. The van der Waals surface area contributed by atoms with Crippen molar-refractivity contribution < 1.29 is 14.3 Å². The zero-order valence-corrected chi connectivity index (χ0v) is 14.5. The smallest absolute Gasteiger partial charge is 0.257 e. The van der Waals surface area contributed by atoms with Crippen LogP contribution in [0.1, 0.15) is 24.6 Å². The number of hydrogen-bond donors (Lipinski definition) is 2. The van der Waals surface area contributed by atoms with E-state index in [2.05, 4.69) is 16.7 Å². The second-order valence-electron chi connectivity index (χ2n) is 5.25. The van der Waals surface area contributed by atoms with E-state index in [4.69, 9.17) is 4.74 Å². The number of aryl methyl sites for hydroxylation is 1. The fourth-order valence-electron chi connectivity index (χ4n) is 2.16. The topological polar surface area (TPSA) is 67.4 Å². The first kappa shape index (κ1) is 18.0. The minimum atomic E-state index is -0.166. The number of ether oxygens (including phenoxy) is 1. The molecule has 0 bridgehead atoms. The number of anilines is 1. The van der Waals surface area contributed by atoms with Crippen LogP contribution in [0.4, 0.5) is 5.69 Å². The monoisotopic (exact) mass is 346 g/mol. The maximum Gasteiger partial charge on any atom is 0.257 e. The molecule has 2 aromatic rings. The molecule has 2 amide bonds. The lowest BCUT2D eigenvalue weighted by molar-refractivity contribution is -0.123. The van der Waals surface area contributed by atoms with Gasteiger partial charge >= 0.3 is 0 Å². The van der Waals surface area contributed by atoms with E-state index >= 15 is 0 Å².